The van der Waals surface area contributed by atoms with Crippen LogP contribution in [-0.4, -0.2) is 162 Å². The van der Waals surface area contributed by atoms with Gasteiger partial charge >= 0.3 is 12.1 Å². The standard InChI is InChI=1S/C58H70Cl4N12O6.5ClH/c1-73-35-49(47-27-43(59)29-53(61)51(47)37-73)39-7-5-9-41(25-39)55-31-45(33-69-71-55)63-13-17-77-21-23-79-19-15-67-57(75)65-11-3-4-12-66-58(76)68-16-20-80-24-22-78-18-14-64-46-32-56(72-70-34-46)42-10-6-8-40(26-42)50-36-74(2)38-52-48(50)28-44(60)30-54(52)62;;;;;/h5-10,25-34,49-50H,3-4,11-24,35-38H2,1-2H3,(H,63,71)(H,64,72)(H2,65,67,75)(H2,66,68,76);5*1H/t49-,50-;;;;;/m0...../s1. The molecular weight excluding hydrogens is 1280 g/mol. The maximum Gasteiger partial charge on any atom is 0.314 e. The summed E-state index contributed by atoms with van der Waals surface area (Å²) in [6.45, 7) is 9.42. The lowest BCUT2D eigenvalue weighted by atomic mass is 9.84. The number of unbranched alkanes of at least 4 members (excludes halogenated alkanes) is 1. The number of benzene rings is 4. The molecule has 0 saturated carbocycles. The van der Waals surface area contributed by atoms with E-state index in [9.17, 15) is 9.59 Å². The van der Waals surface area contributed by atoms with Gasteiger partial charge < -0.3 is 60.6 Å². The number of aromatic nitrogens is 4. The Labute approximate surface area is 549 Å². The van der Waals surface area contributed by atoms with Crippen LogP contribution in [0.3, 0.4) is 0 Å². The molecule has 2 aromatic heterocycles. The molecule has 18 nitrogen and oxygen atoms in total. The minimum absolute atomic E-state index is 0. The molecule has 0 unspecified atom stereocenters. The molecule has 8 rings (SSSR count). The SMILES string of the molecule is CN1Cc2c(Cl)cc(Cl)cc2[C@H](c2cccc(-c3cc(NCCOCCOCCNC(=O)NCCCCNC(=O)NCCOCCOCCNc4cnnc(-c5cccc([C@@H]6CN(C)Cc7c(Cl)cc(Cl)cc76)c5)c4)cnn3)c2)C1.Cl.Cl.Cl.Cl.Cl. The summed E-state index contributed by atoms with van der Waals surface area (Å²) in [6, 6.07) is 27.9. The molecule has 0 saturated heterocycles. The van der Waals surface area contributed by atoms with E-state index >= 15 is 0 Å². The van der Waals surface area contributed by atoms with Crippen molar-refractivity contribution in [3.05, 3.63) is 151 Å². The highest BCUT2D eigenvalue weighted by Gasteiger charge is 2.29. The van der Waals surface area contributed by atoms with E-state index in [1.807, 2.05) is 60.7 Å². The molecule has 0 bridgehead atoms. The van der Waals surface area contributed by atoms with Gasteiger partial charge in [0.05, 0.1) is 88.0 Å². The van der Waals surface area contributed by atoms with Crippen molar-refractivity contribution >= 4 is 132 Å². The van der Waals surface area contributed by atoms with Crippen LogP contribution in [0.2, 0.25) is 20.1 Å². The number of hydrogen-bond donors (Lipinski definition) is 6. The van der Waals surface area contributed by atoms with Crippen molar-refractivity contribution in [1.82, 2.24) is 51.5 Å². The maximum atomic E-state index is 12.2. The molecule has 27 heteroatoms. The molecular formula is C58H75Cl9N12O6. The van der Waals surface area contributed by atoms with Gasteiger partial charge in [-0.05, 0) is 109 Å². The normalized spacial score (nSPS) is 14.3. The summed E-state index contributed by atoms with van der Waals surface area (Å²) in [6.07, 6.45) is 4.80. The monoisotopic (exact) mass is 1350 g/mol. The zero-order valence-electron chi connectivity index (χ0n) is 47.2. The van der Waals surface area contributed by atoms with Crippen LogP contribution in [0, 0.1) is 0 Å². The summed E-state index contributed by atoms with van der Waals surface area (Å²) in [5, 5.41) is 37.9. The highest BCUT2D eigenvalue weighted by molar-refractivity contribution is 6.35. The molecule has 2 aliphatic heterocycles. The van der Waals surface area contributed by atoms with Crippen LogP contribution >= 0.6 is 108 Å². The number of amides is 4. The maximum absolute atomic E-state index is 12.2. The van der Waals surface area contributed by atoms with E-state index in [4.69, 9.17) is 65.4 Å². The first-order valence-corrected chi connectivity index (χ1v) is 28.5. The van der Waals surface area contributed by atoms with E-state index in [0.29, 0.717) is 125 Å². The fourth-order valence-corrected chi connectivity index (χ4v) is 10.9. The molecule has 6 N–H and O–H groups in total. The van der Waals surface area contributed by atoms with Crippen LogP contribution in [0.15, 0.2) is 97.3 Å². The molecule has 4 amide bonds. The van der Waals surface area contributed by atoms with Gasteiger partial charge in [-0.1, -0.05) is 82.8 Å². The molecule has 2 atom stereocenters. The summed E-state index contributed by atoms with van der Waals surface area (Å²) in [4.78, 5) is 28.9. The fraction of sp³-hybridized carbons (Fsp3) is 0.414. The first kappa shape index (κ1) is 74.8. The smallest absolute Gasteiger partial charge is 0.314 e. The lowest BCUT2D eigenvalue weighted by Crippen LogP contribution is -2.39. The average molecular weight is 1360 g/mol. The second kappa shape index (κ2) is 39.4. The number of hydrogen-bond acceptors (Lipinski definition) is 14. The molecule has 0 fully saturated rings. The molecule has 4 heterocycles. The number of likely N-dealkylation sites (N-methyl/N-ethyl adjacent to an activating group) is 2. The highest BCUT2D eigenvalue weighted by Crippen LogP contribution is 2.41. The summed E-state index contributed by atoms with van der Waals surface area (Å²) < 4.78 is 22.7. The Morgan fingerprint density at radius 3 is 1.27 bits per heavy atom. The van der Waals surface area contributed by atoms with Gasteiger partial charge in [0.1, 0.15) is 0 Å². The number of anilines is 2. The quantitative estimate of drug-likeness (QED) is 0.0242. The van der Waals surface area contributed by atoms with Crippen LogP contribution < -0.4 is 31.9 Å². The van der Waals surface area contributed by atoms with Crippen molar-refractivity contribution in [2.75, 3.05) is 130 Å². The van der Waals surface area contributed by atoms with Crippen LogP contribution in [0.25, 0.3) is 22.5 Å². The number of halogens is 9. The Kier molecular flexibility index (Phi) is 34.7. The lowest BCUT2D eigenvalue weighted by molar-refractivity contribution is 0.0533. The van der Waals surface area contributed by atoms with Crippen molar-refractivity contribution in [3.8, 4) is 22.5 Å². The van der Waals surface area contributed by atoms with Crippen molar-refractivity contribution < 1.29 is 28.5 Å². The summed E-state index contributed by atoms with van der Waals surface area (Å²) in [5.41, 5.74) is 12.0. The van der Waals surface area contributed by atoms with Gasteiger partial charge in [0.25, 0.3) is 0 Å². The fourth-order valence-electron chi connectivity index (χ4n) is 9.73. The first-order chi connectivity index (χ1) is 39.0. The number of carbonyl (C=O) groups excluding carboxylic acids is 2. The van der Waals surface area contributed by atoms with Gasteiger partial charge in [-0.25, -0.2) is 9.59 Å². The van der Waals surface area contributed by atoms with E-state index in [1.54, 1.807) is 12.4 Å². The molecule has 85 heavy (non-hydrogen) atoms. The minimum Gasteiger partial charge on any atom is -0.381 e. The van der Waals surface area contributed by atoms with Crippen molar-refractivity contribution in [2.24, 2.45) is 0 Å². The van der Waals surface area contributed by atoms with Crippen LogP contribution in [-0.2, 0) is 32.0 Å². The third-order valence-corrected chi connectivity index (χ3v) is 14.7. The number of fused-ring (bicyclic) bond motifs is 2. The van der Waals surface area contributed by atoms with Crippen molar-refractivity contribution in [1.29, 1.82) is 0 Å². The van der Waals surface area contributed by atoms with Gasteiger partial charge in [0, 0.05) is 109 Å². The number of ether oxygens (including phenoxy) is 4. The van der Waals surface area contributed by atoms with Gasteiger partial charge in [-0.2, -0.15) is 20.4 Å². The Bertz CT molecular complexity index is 2800. The van der Waals surface area contributed by atoms with E-state index in [-0.39, 0.29) is 85.9 Å². The molecule has 0 radical (unpaired) electrons. The van der Waals surface area contributed by atoms with E-state index in [1.165, 1.54) is 0 Å². The largest absolute Gasteiger partial charge is 0.381 e. The third kappa shape index (κ3) is 23.5. The van der Waals surface area contributed by atoms with E-state index < -0.39 is 0 Å². The van der Waals surface area contributed by atoms with Crippen LogP contribution in [0.4, 0.5) is 21.0 Å². The molecule has 2 aliphatic rings. The Balaban J connectivity index is 0.00000378. The number of nitrogens with zero attached hydrogens (tertiary/aromatic N) is 6. The Morgan fingerprint density at radius 2 is 0.871 bits per heavy atom. The summed E-state index contributed by atoms with van der Waals surface area (Å²) >= 11 is 26.1. The zero-order valence-corrected chi connectivity index (χ0v) is 54.3. The number of rotatable bonds is 29. The van der Waals surface area contributed by atoms with Crippen molar-refractivity contribution in [2.45, 2.75) is 37.8 Å². The van der Waals surface area contributed by atoms with Crippen LogP contribution in [0.5, 0.6) is 0 Å². The lowest BCUT2D eigenvalue weighted by Gasteiger charge is -2.33. The van der Waals surface area contributed by atoms with Gasteiger partial charge in [-0.15, -0.1) is 62.0 Å². The number of urea groups is 2. The van der Waals surface area contributed by atoms with E-state index in [2.05, 4.69) is 100 Å². The topological polar surface area (TPSA) is 201 Å². The highest BCUT2D eigenvalue weighted by atomic mass is 35.5. The summed E-state index contributed by atoms with van der Waals surface area (Å²) in [5.74, 6) is 0.241. The van der Waals surface area contributed by atoms with Gasteiger partial charge in [0.2, 0.25) is 0 Å². The molecule has 0 aliphatic carbocycles. The van der Waals surface area contributed by atoms with Gasteiger partial charge in [-0.3, -0.25) is 0 Å². The molecule has 466 valence electrons. The Hall–Kier alpha value is -4.45. The predicted molar refractivity (Wildman–Crippen MR) is 353 cm³/mol. The zero-order chi connectivity index (χ0) is 56.1. The Morgan fingerprint density at radius 1 is 0.494 bits per heavy atom. The third-order valence-electron chi connectivity index (χ3n) is 13.6. The molecule has 0 spiro atoms. The second-order valence-electron chi connectivity index (χ2n) is 19.7. The number of carbonyl (C=O) groups is 2. The second-order valence-corrected chi connectivity index (χ2v) is 21.4. The minimum atomic E-state index is -0.271. The van der Waals surface area contributed by atoms with Crippen LogP contribution in [0.1, 0.15) is 58.1 Å². The molecule has 4 aromatic carbocycles. The number of nitrogens with one attached hydrogen (secondary N) is 6. The predicted octanol–water partition coefficient (Wildman–Crippen LogP) is 11.4. The van der Waals surface area contributed by atoms with Crippen molar-refractivity contribution in [3.63, 3.8) is 0 Å². The molecule has 6 aromatic rings. The summed E-state index contributed by atoms with van der Waals surface area (Å²) in [7, 11) is 4.20. The first-order valence-electron chi connectivity index (χ1n) is 27.0. The van der Waals surface area contributed by atoms with Gasteiger partial charge in [0.15, 0.2) is 0 Å². The van der Waals surface area contributed by atoms with E-state index in [0.717, 1.165) is 93.4 Å². The average Bonchev–Trinajstić information content (AvgIpc) is 3.05.